The molecule has 7 heteroatoms. The molecule has 0 saturated carbocycles. The Morgan fingerprint density at radius 3 is 2.52 bits per heavy atom. The molecule has 1 aromatic carbocycles. The lowest BCUT2D eigenvalue weighted by molar-refractivity contribution is 0.122. The van der Waals surface area contributed by atoms with Crippen LogP contribution in [-0.2, 0) is 4.74 Å². The van der Waals surface area contributed by atoms with Crippen molar-refractivity contribution in [2.24, 2.45) is 0 Å². The molecule has 2 aromatic rings. The van der Waals surface area contributed by atoms with E-state index in [1.54, 1.807) is 18.2 Å². The summed E-state index contributed by atoms with van der Waals surface area (Å²) in [4.78, 5) is 18.8. The van der Waals surface area contributed by atoms with E-state index in [1.165, 1.54) is 17.4 Å². The Labute approximate surface area is 135 Å². The summed E-state index contributed by atoms with van der Waals surface area (Å²) in [6.07, 6.45) is 0. The number of hydrogen-bond acceptors (Lipinski definition) is 5. The molecule has 110 valence electrons. The topological polar surface area (TPSA) is 42.4 Å². The minimum atomic E-state index is -0.291. The molecule has 1 saturated heterocycles. The lowest BCUT2D eigenvalue weighted by Gasteiger charge is -2.27. The first kappa shape index (κ1) is 14.8. The van der Waals surface area contributed by atoms with Crippen LogP contribution in [0.3, 0.4) is 0 Å². The second-order valence-corrected chi connectivity index (χ2v) is 6.36. The van der Waals surface area contributed by atoms with Crippen molar-refractivity contribution in [3.05, 3.63) is 44.7 Å². The van der Waals surface area contributed by atoms with Crippen molar-refractivity contribution in [3.8, 4) is 10.4 Å². The molecule has 0 radical (unpaired) electrons. The van der Waals surface area contributed by atoms with Gasteiger partial charge in [-0.25, -0.2) is 0 Å². The average Bonchev–Trinajstić information content (AvgIpc) is 2.47. The first-order valence-electron chi connectivity index (χ1n) is 6.44. The summed E-state index contributed by atoms with van der Waals surface area (Å²) in [6, 6.07) is 6.77. The second-order valence-electron chi connectivity index (χ2n) is 4.54. The van der Waals surface area contributed by atoms with Crippen molar-refractivity contribution in [1.29, 1.82) is 0 Å². The third-order valence-corrected chi connectivity index (χ3v) is 4.86. The zero-order chi connectivity index (χ0) is 14.8. The highest BCUT2D eigenvalue weighted by Crippen LogP contribution is 2.38. The Morgan fingerprint density at radius 2 is 1.86 bits per heavy atom. The van der Waals surface area contributed by atoms with Crippen LogP contribution < -0.4 is 10.5 Å². The molecule has 0 N–H and O–H groups in total. The van der Waals surface area contributed by atoms with Gasteiger partial charge >= 0.3 is 0 Å². The largest absolute Gasteiger partial charge is 0.378 e. The van der Waals surface area contributed by atoms with E-state index in [2.05, 4.69) is 4.98 Å². The van der Waals surface area contributed by atoms with E-state index in [-0.39, 0.29) is 5.56 Å². The van der Waals surface area contributed by atoms with E-state index >= 15 is 0 Å². The van der Waals surface area contributed by atoms with Gasteiger partial charge in [-0.05, 0) is 12.1 Å². The molecule has 0 unspecified atom stereocenters. The van der Waals surface area contributed by atoms with E-state index < -0.39 is 0 Å². The van der Waals surface area contributed by atoms with Crippen LogP contribution in [0.15, 0.2) is 29.1 Å². The van der Waals surface area contributed by atoms with Crippen LogP contribution in [0.2, 0.25) is 10.0 Å². The van der Waals surface area contributed by atoms with Gasteiger partial charge in [0.1, 0.15) is 0 Å². The zero-order valence-corrected chi connectivity index (χ0v) is 13.3. The maximum absolute atomic E-state index is 11.9. The summed E-state index contributed by atoms with van der Waals surface area (Å²) in [6.45, 7) is 2.73. The Bertz CT molecular complexity index is 694. The zero-order valence-electron chi connectivity index (χ0n) is 11.0. The Hall–Kier alpha value is -1.14. The van der Waals surface area contributed by atoms with E-state index in [0.717, 1.165) is 18.0 Å². The monoisotopic (exact) mass is 342 g/mol. The van der Waals surface area contributed by atoms with Gasteiger partial charge in [-0.3, -0.25) is 4.79 Å². The number of benzene rings is 1. The van der Waals surface area contributed by atoms with Gasteiger partial charge in [0, 0.05) is 29.6 Å². The van der Waals surface area contributed by atoms with Crippen molar-refractivity contribution < 1.29 is 4.74 Å². The van der Waals surface area contributed by atoms with Gasteiger partial charge in [-0.1, -0.05) is 40.6 Å². The van der Waals surface area contributed by atoms with Crippen LogP contribution in [0.5, 0.6) is 0 Å². The van der Waals surface area contributed by atoms with Gasteiger partial charge in [0.2, 0.25) is 0 Å². The van der Waals surface area contributed by atoms with E-state index in [4.69, 9.17) is 27.9 Å². The molecule has 2 heterocycles. The van der Waals surface area contributed by atoms with Gasteiger partial charge < -0.3 is 9.64 Å². The number of hydrogen-bond donors (Lipinski definition) is 0. The Balaban J connectivity index is 2.07. The second kappa shape index (κ2) is 6.32. The van der Waals surface area contributed by atoms with E-state index in [1.807, 2.05) is 4.90 Å². The summed E-state index contributed by atoms with van der Waals surface area (Å²) in [5.74, 6) is 0. The highest BCUT2D eigenvalue weighted by molar-refractivity contribution is 7.18. The molecule has 0 bridgehead atoms. The molecular weight excluding hydrogens is 331 g/mol. The van der Waals surface area contributed by atoms with Gasteiger partial charge in [0.05, 0.1) is 23.3 Å². The maximum atomic E-state index is 11.9. The molecule has 1 aliphatic heterocycles. The summed E-state index contributed by atoms with van der Waals surface area (Å²) < 4.78 is 5.32. The molecule has 0 spiro atoms. The molecule has 0 aliphatic carbocycles. The minimum absolute atomic E-state index is 0.291. The number of anilines is 1. The molecule has 3 rings (SSSR count). The van der Waals surface area contributed by atoms with Crippen LogP contribution in [-0.4, -0.2) is 31.3 Å². The molecule has 1 aliphatic rings. The first-order chi connectivity index (χ1) is 10.1. The normalized spacial score (nSPS) is 15.2. The third-order valence-electron chi connectivity index (χ3n) is 3.15. The van der Waals surface area contributed by atoms with Gasteiger partial charge in [-0.15, -0.1) is 0 Å². The minimum Gasteiger partial charge on any atom is -0.378 e. The third kappa shape index (κ3) is 3.21. The van der Waals surface area contributed by atoms with Crippen LogP contribution in [0.4, 0.5) is 5.13 Å². The van der Waals surface area contributed by atoms with Gasteiger partial charge in [0.25, 0.3) is 5.56 Å². The van der Waals surface area contributed by atoms with Gasteiger partial charge in [0.15, 0.2) is 5.13 Å². The van der Waals surface area contributed by atoms with Crippen molar-refractivity contribution in [2.45, 2.75) is 0 Å². The lowest BCUT2D eigenvalue weighted by atomic mass is 10.2. The fraction of sp³-hybridized carbons (Fsp3) is 0.286. The van der Waals surface area contributed by atoms with Crippen molar-refractivity contribution in [2.75, 3.05) is 31.2 Å². The fourth-order valence-corrected chi connectivity index (χ4v) is 3.97. The highest BCUT2D eigenvalue weighted by atomic mass is 35.5. The SMILES string of the molecule is O=c1cc(-c2c(Cl)cccc2Cl)sc(N2CCOCC2)n1. The molecule has 1 fully saturated rings. The number of nitrogens with zero attached hydrogens (tertiary/aromatic N) is 2. The van der Waals surface area contributed by atoms with Crippen LogP contribution in [0, 0.1) is 0 Å². The van der Waals surface area contributed by atoms with Crippen molar-refractivity contribution >= 4 is 39.7 Å². The highest BCUT2D eigenvalue weighted by Gasteiger charge is 2.17. The number of aromatic nitrogens is 1. The smallest absolute Gasteiger partial charge is 0.273 e. The number of halogens is 2. The quantitative estimate of drug-likeness (QED) is 0.839. The standard InChI is InChI=1S/C14H12Cl2N2O2S/c15-9-2-1-3-10(16)13(9)11-8-12(19)17-14(21-11)18-4-6-20-7-5-18/h1-3,8H,4-7H2. The molecule has 4 nitrogen and oxygen atoms in total. The van der Waals surface area contributed by atoms with E-state index in [9.17, 15) is 4.79 Å². The molecule has 0 atom stereocenters. The predicted octanol–water partition coefficient (Wildman–Crippen LogP) is 3.31. The number of rotatable bonds is 2. The van der Waals surface area contributed by atoms with E-state index in [0.29, 0.717) is 34.0 Å². The number of ether oxygens (including phenoxy) is 1. The van der Waals surface area contributed by atoms with Crippen LogP contribution in [0.25, 0.3) is 10.4 Å². The summed E-state index contributed by atoms with van der Waals surface area (Å²) in [7, 11) is 0. The Kier molecular flexibility index (Phi) is 4.45. The summed E-state index contributed by atoms with van der Waals surface area (Å²) in [5.41, 5.74) is 0.390. The molecule has 1 aromatic heterocycles. The van der Waals surface area contributed by atoms with Gasteiger partial charge in [-0.2, -0.15) is 4.98 Å². The number of morpholine rings is 1. The fourth-order valence-electron chi connectivity index (χ4n) is 2.14. The lowest BCUT2D eigenvalue weighted by Crippen LogP contribution is -2.37. The summed E-state index contributed by atoms with van der Waals surface area (Å²) >= 11 is 13.9. The first-order valence-corrected chi connectivity index (χ1v) is 8.01. The molecule has 21 heavy (non-hydrogen) atoms. The average molecular weight is 343 g/mol. The maximum Gasteiger partial charge on any atom is 0.273 e. The van der Waals surface area contributed by atoms with Crippen molar-refractivity contribution in [1.82, 2.24) is 4.98 Å². The molecular formula is C14H12Cl2N2O2S. The van der Waals surface area contributed by atoms with Crippen LogP contribution >= 0.6 is 34.5 Å². The predicted molar refractivity (Wildman–Crippen MR) is 86.9 cm³/mol. The Morgan fingerprint density at radius 1 is 1.19 bits per heavy atom. The summed E-state index contributed by atoms with van der Waals surface area (Å²) in [5, 5.41) is 1.73. The molecule has 0 amide bonds. The van der Waals surface area contributed by atoms with Crippen molar-refractivity contribution in [3.63, 3.8) is 0 Å². The van der Waals surface area contributed by atoms with Crippen LogP contribution in [0.1, 0.15) is 0 Å².